The molecular weight excluding hydrogens is 300 g/mol. The zero-order chi connectivity index (χ0) is 13.3. The number of aromatic nitrogens is 1. The molecule has 0 bridgehead atoms. The molecule has 2 rings (SSSR count). The van der Waals surface area contributed by atoms with E-state index in [9.17, 15) is 9.90 Å². The maximum atomic E-state index is 11.9. The highest BCUT2D eigenvalue weighted by atomic mass is 79.9. The molecule has 0 aliphatic rings. The van der Waals surface area contributed by atoms with Crippen molar-refractivity contribution in [3.8, 4) is 5.75 Å². The zero-order valence-corrected chi connectivity index (χ0v) is 11.4. The number of rotatable bonds is 2. The summed E-state index contributed by atoms with van der Waals surface area (Å²) in [4.78, 5) is 11.9. The molecule has 0 unspecified atom stereocenters. The maximum absolute atomic E-state index is 11.9. The van der Waals surface area contributed by atoms with Crippen molar-refractivity contribution in [3.05, 3.63) is 39.5 Å². The van der Waals surface area contributed by atoms with Gasteiger partial charge in [0.15, 0.2) is 0 Å². The van der Waals surface area contributed by atoms with Crippen LogP contribution in [0, 0.1) is 13.8 Å². The van der Waals surface area contributed by atoms with Crippen molar-refractivity contribution in [3.63, 3.8) is 0 Å². The summed E-state index contributed by atoms with van der Waals surface area (Å²) in [5.41, 5.74) is 1.85. The van der Waals surface area contributed by atoms with Gasteiger partial charge in [-0.15, -0.1) is 0 Å². The number of carbonyl (C=O) groups excluding carboxylic acids is 1. The van der Waals surface area contributed by atoms with Crippen molar-refractivity contribution < 1.29 is 14.4 Å². The lowest BCUT2D eigenvalue weighted by Gasteiger charge is -2.04. The second-order valence-electron chi connectivity index (χ2n) is 3.84. The van der Waals surface area contributed by atoms with Gasteiger partial charge in [-0.1, -0.05) is 5.16 Å². The molecule has 0 radical (unpaired) electrons. The first-order valence-corrected chi connectivity index (χ1v) is 6.01. The lowest BCUT2D eigenvalue weighted by molar-refractivity contribution is 0.102. The monoisotopic (exact) mass is 310 g/mol. The Balaban J connectivity index is 2.22. The largest absolute Gasteiger partial charge is 0.507 e. The SMILES string of the molecule is Cc1noc(NC(=O)c2ccc(Br)c(O)c2)c1C. The molecule has 0 saturated carbocycles. The smallest absolute Gasteiger partial charge is 0.258 e. The molecule has 2 aromatic rings. The van der Waals surface area contributed by atoms with Crippen LogP contribution in [0.5, 0.6) is 5.75 Å². The van der Waals surface area contributed by atoms with Crippen LogP contribution in [0.1, 0.15) is 21.6 Å². The number of aryl methyl sites for hydroxylation is 1. The summed E-state index contributed by atoms with van der Waals surface area (Å²) in [6.45, 7) is 3.60. The third-order valence-corrected chi connectivity index (χ3v) is 3.26. The van der Waals surface area contributed by atoms with E-state index in [1.54, 1.807) is 26.0 Å². The summed E-state index contributed by atoms with van der Waals surface area (Å²) in [5.74, 6) is -0.0370. The van der Waals surface area contributed by atoms with Crippen LogP contribution in [0.25, 0.3) is 0 Å². The molecule has 0 atom stereocenters. The Labute approximate surface area is 112 Å². The van der Waals surface area contributed by atoms with E-state index in [2.05, 4.69) is 26.4 Å². The van der Waals surface area contributed by atoms with Crippen LogP contribution < -0.4 is 5.32 Å². The average Bonchev–Trinajstić information content (AvgIpc) is 2.64. The molecule has 0 saturated heterocycles. The number of amides is 1. The molecule has 18 heavy (non-hydrogen) atoms. The highest BCUT2D eigenvalue weighted by Gasteiger charge is 2.14. The molecule has 5 nitrogen and oxygen atoms in total. The number of nitrogens with zero attached hydrogens (tertiary/aromatic N) is 1. The van der Waals surface area contributed by atoms with E-state index in [0.717, 1.165) is 11.3 Å². The van der Waals surface area contributed by atoms with Crippen molar-refractivity contribution in [1.29, 1.82) is 0 Å². The summed E-state index contributed by atoms with van der Waals surface area (Å²) in [7, 11) is 0. The van der Waals surface area contributed by atoms with Crippen LogP contribution in [-0.4, -0.2) is 16.2 Å². The van der Waals surface area contributed by atoms with E-state index in [4.69, 9.17) is 4.52 Å². The van der Waals surface area contributed by atoms with Gasteiger partial charge in [-0.05, 0) is 48.0 Å². The van der Waals surface area contributed by atoms with Gasteiger partial charge >= 0.3 is 0 Å². The van der Waals surface area contributed by atoms with E-state index in [0.29, 0.717) is 15.9 Å². The van der Waals surface area contributed by atoms with Crippen molar-refractivity contribution in [2.24, 2.45) is 0 Å². The number of aromatic hydroxyl groups is 1. The number of hydrogen-bond acceptors (Lipinski definition) is 4. The number of phenols is 1. The maximum Gasteiger partial charge on any atom is 0.258 e. The number of nitrogens with one attached hydrogen (secondary N) is 1. The van der Waals surface area contributed by atoms with Gasteiger partial charge in [-0.3, -0.25) is 10.1 Å². The van der Waals surface area contributed by atoms with E-state index in [1.807, 2.05) is 0 Å². The standard InChI is InChI=1S/C12H11BrN2O3/c1-6-7(2)15-18-12(6)14-11(17)8-3-4-9(13)10(16)5-8/h3-5,16H,1-2H3,(H,14,17). The van der Waals surface area contributed by atoms with Crippen LogP contribution in [0.15, 0.2) is 27.2 Å². The Hall–Kier alpha value is -1.82. The van der Waals surface area contributed by atoms with Crippen molar-refractivity contribution in [1.82, 2.24) is 5.16 Å². The van der Waals surface area contributed by atoms with Crippen LogP contribution in [-0.2, 0) is 0 Å². The molecule has 0 aliphatic heterocycles. The first-order valence-electron chi connectivity index (χ1n) is 5.22. The number of carbonyl (C=O) groups is 1. The highest BCUT2D eigenvalue weighted by Crippen LogP contribution is 2.25. The Kier molecular flexibility index (Phi) is 3.38. The van der Waals surface area contributed by atoms with Crippen LogP contribution in [0.2, 0.25) is 0 Å². The Morgan fingerprint density at radius 2 is 2.17 bits per heavy atom. The molecule has 2 N–H and O–H groups in total. The minimum Gasteiger partial charge on any atom is -0.507 e. The molecule has 1 heterocycles. The fraction of sp³-hybridized carbons (Fsp3) is 0.167. The fourth-order valence-electron chi connectivity index (χ4n) is 1.36. The Bertz CT molecular complexity index is 607. The summed E-state index contributed by atoms with van der Waals surface area (Å²) in [6.07, 6.45) is 0. The molecular formula is C12H11BrN2O3. The second kappa shape index (κ2) is 4.81. The number of phenolic OH excluding ortho intramolecular Hbond substituents is 1. The first-order chi connectivity index (χ1) is 8.49. The quantitative estimate of drug-likeness (QED) is 0.894. The number of hydrogen-bond donors (Lipinski definition) is 2. The number of anilines is 1. The molecule has 0 spiro atoms. The van der Waals surface area contributed by atoms with Crippen molar-refractivity contribution in [2.45, 2.75) is 13.8 Å². The van der Waals surface area contributed by atoms with Gasteiger partial charge in [-0.2, -0.15) is 0 Å². The van der Waals surface area contributed by atoms with Crippen LogP contribution >= 0.6 is 15.9 Å². The average molecular weight is 311 g/mol. The van der Waals surface area contributed by atoms with Crippen LogP contribution in [0.3, 0.4) is 0 Å². The normalized spacial score (nSPS) is 10.4. The van der Waals surface area contributed by atoms with Crippen LogP contribution in [0.4, 0.5) is 5.88 Å². The van der Waals surface area contributed by atoms with Gasteiger partial charge in [0.05, 0.1) is 10.2 Å². The van der Waals surface area contributed by atoms with Gasteiger partial charge in [0.25, 0.3) is 5.91 Å². The highest BCUT2D eigenvalue weighted by molar-refractivity contribution is 9.10. The number of benzene rings is 1. The second-order valence-corrected chi connectivity index (χ2v) is 4.70. The topological polar surface area (TPSA) is 75.4 Å². The predicted molar refractivity (Wildman–Crippen MR) is 69.7 cm³/mol. The molecule has 6 heteroatoms. The molecule has 1 amide bonds. The lowest BCUT2D eigenvalue weighted by Crippen LogP contribution is -2.11. The summed E-state index contributed by atoms with van der Waals surface area (Å²) < 4.78 is 5.52. The number of halogens is 1. The Morgan fingerprint density at radius 3 is 2.72 bits per heavy atom. The minimum atomic E-state index is -0.364. The zero-order valence-electron chi connectivity index (χ0n) is 9.82. The van der Waals surface area contributed by atoms with Gasteiger partial charge in [0.1, 0.15) is 5.75 Å². The van der Waals surface area contributed by atoms with E-state index >= 15 is 0 Å². The first kappa shape index (κ1) is 12.6. The third-order valence-electron chi connectivity index (χ3n) is 2.59. The molecule has 0 fully saturated rings. The summed E-state index contributed by atoms with van der Waals surface area (Å²) in [6, 6.07) is 4.57. The fourth-order valence-corrected chi connectivity index (χ4v) is 1.61. The molecule has 1 aromatic heterocycles. The summed E-state index contributed by atoms with van der Waals surface area (Å²) in [5, 5.41) is 15.9. The van der Waals surface area contributed by atoms with Gasteiger partial charge < -0.3 is 9.63 Å². The molecule has 0 aliphatic carbocycles. The Morgan fingerprint density at radius 1 is 1.44 bits per heavy atom. The van der Waals surface area contributed by atoms with Gasteiger partial charge in [-0.25, -0.2) is 0 Å². The third kappa shape index (κ3) is 2.38. The van der Waals surface area contributed by atoms with Crippen molar-refractivity contribution >= 4 is 27.7 Å². The lowest BCUT2D eigenvalue weighted by atomic mass is 10.2. The molecule has 94 valence electrons. The predicted octanol–water partition coefficient (Wildman–Crippen LogP) is 3.01. The summed E-state index contributed by atoms with van der Waals surface area (Å²) >= 11 is 3.15. The van der Waals surface area contributed by atoms with E-state index in [1.165, 1.54) is 6.07 Å². The van der Waals surface area contributed by atoms with Crippen molar-refractivity contribution in [2.75, 3.05) is 5.32 Å². The molecule has 1 aromatic carbocycles. The van der Waals surface area contributed by atoms with E-state index in [-0.39, 0.29) is 11.7 Å². The minimum absolute atomic E-state index is 0.00752. The van der Waals surface area contributed by atoms with Gasteiger partial charge in [0, 0.05) is 11.1 Å². The van der Waals surface area contributed by atoms with E-state index < -0.39 is 0 Å². The van der Waals surface area contributed by atoms with Gasteiger partial charge in [0.2, 0.25) is 5.88 Å².